The second-order valence-electron chi connectivity index (χ2n) is 3.78. The van der Waals surface area contributed by atoms with Crippen molar-refractivity contribution in [1.82, 2.24) is 0 Å². The fourth-order valence-corrected chi connectivity index (χ4v) is 1.96. The maximum absolute atomic E-state index is 9.73. The van der Waals surface area contributed by atoms with Crippen LogP contribution in [-0.4, -0.2) is 24.8 Å². The van der Waals surface area contributed by atoms with Gasteiger partial charge < -0.3 is 14.7 Å². The van der Waals surface area contributed by atoms with E-state index in [0.717, 1.165) is 18.8 Å². The van der Waals surface area contributed by atoms with Crippen molar-refractivity contribution in [3.8, 4) is 11.5 Å². The van der Waals surface area contributed by atoms with Gasteiger partial charge in [0, 0.05) is 24.8 Å². The summed E-state index contributed by atoms with van der Waals surface area (Å²) in [5.74, 6) is 0.807. The molecule has 0 spiro atoms. The van der Waals surface area contributed by atoms with E-state index in [1.54, 1.807) is 6.07 Å². The molecule has 0 atom stereocenters. The molecule has 15 heavy (non-hydrogen) atoms. The predicted octanol–water partition coefficient (Wildman–Crippen LogP) is 2.39. The van der Waals surface area contributed by atoms with Crippen LogP contribution in [0.2, 0.25) is 0 Å². The first-order chi connectivity index (χ1) is 7.31. The van der Waals surface area contributed by atoms with Gasteiger partial charge in [-0.3, -0.25) is 0 Å². The molecule has 2 rings (SSSR count). The Morgan fingerprint density at radius 3 is 2.67 bits per heavy atom. The Balaban J connectivity index is 2.16. The third-order valence-electron chi connectivity index (χ3n) is 2.71. The van der Waals surface area contributed by atoms with Gasteiger partial charge in [-0.1, -0.05) is 0 Å². The summed E-state index contributed by atoms with van der Waals surface area (Å²) in [4.78, 5) is 2.29. The van der Waals surface area contributed by atoms with Gasteiger partial charge in [-0.25, -0.2) is 0 Å². The zero-order valence-corrected chi connectivity index (χ0v) is 9.07. The monoisotopic (exact) mass is 207 g/mol. The van der Waals surface area contributed by atoms with E-state index in [-0.39, 0.29) is 5.75 Å². The third kappa shape index (κ3) is 2.17. The van der Waals surface area contributed by atoms with Crippen LogP contribution < -0.4 is 9.64 Å². The summed E-state index contributed by atoms with van der Waals surface area (Å²) in [7, 11) is 0. The SMILES string of the molecule is CCOc1ccc(N2CCCC2)cc1O. The van der Waals surface area contributed by atoms with Crippen LogP contribution in [0.1, 0.15) is 19.8 Å². The van der Waals surface area contributed by atoms with Gasteiger partial charge >= 0.3 is 0 Å². The number of phenols is 1. The Morgan fingerprint density at radius 2 is 2.07 bits per heavy atom. The number of hydrogen-bond acceptors (Lipinski definition) is 3. The van der Waals surface area contributed by atoms with Gasteiger partial charge in [0.05, 0.1) is 6.61 Å². The van der Waals surface area contributed by atoms with Gasteiger partial charge in [-0.15, -0.1) is 0 Å². The Kier molecular flexibility index (Phi) is 2.99. The number of rotatable bonds is 3. The molecular formula is C12H17NO2. The summed E-state index contributed by atoms with van der Waals surface area (Å²) in [5.41, 5.74) is 1.09. The van der Waals surface area contributed by atoms with E-state index in [9.17, 15) is 5.11 Å². The maximum Gasteiger partial charge on any atom is 0.161 e. The van der Waals surface area contributed by atoms with Crippen molar-refractivity contribution in [2.24, 2.45) is 0 Å². The van der Waals surface area contributed by atoms with Gasteiger partial charge in [0.1, 0.15) is 0 Å². The summed E-state index contributed by atoms with van der Waals surface area (Å²) >= 11 is 0. The first-order valence-electron chi connectivity index (χ1n) is 5.52. The molecule has 1 heterocycles. The number of phenolic OH excluding ortho intramolecular Hbond substituents is 1. The van der Waals surface area contributed by atoms with Crippen LogP contribution in [0.4, 0.5) is 5.69 Å². The molecule has 0 saturated carbocycles. The molecule has 3 heteroatoms. The highest BCUT2D eigenvalue weighted by atomic mass is 16.5. The number of benzene rings is 1. The molecule has 0 amide bonds. The Morgan fingerprint density at radius 1 is 1.33 bits per heavy atom. The fraction of sp³-hybridized carbons (Fsp3) is 0.500. The van der Waals surface area contributed by atoms with E-state index in [1.165, 1.54) is 12.8 Å². The number of nitrogens with zero attached hydrogens (tertiary/aromatic N) is 1. The van der Waals surface area contributed by atoms with Crippen molar-refractivity contribution in [1.29, 1.82) is 0 Å². The van der Waals surface area contributed by atoms with Crippen molar-refractivity contribution in [2.45, 2.75) is 19.8 Å². The molecule has 1 aliphatic rings. The number of aromatic hydroxyl groups is 1. The molecule has 1 aliphatic heterocycles. The second-order valence-corrected chi connectivity index (χ2v) is 3.78. The normalized spacial score (nSPS) is 15.7. The molecule has 1 N–H and O–H groups in total. The Labute approximate surface area is 90.3 Å². The second kappa shape index (κ2) is 4.43. The average Bonchev–Trinajstić information content (AvgIpc) is 2.74. The zero-order chi connectivity index (χ0) is 10.7. The number of hydrogen-bond donors (Lipinski definition) is 1. The molecule has 0 bridgehead atoms. The van der Waals surface area contributed by atoms with Crippen LogP contribution in [0.15, 0.2) is 18.2 Å². The highest BCUT2D eigenvalue weighted by Crippen LogP contribution is 2.31. The van der Waals surface area contributed by atoms with Gasteiger partial charge in [-0.2, -0.15) is 0 Å². The van der Waals surface area contributed by atoms with Gasteiger partial charge in [0.25, 0.3) is 0 Å². The minimum absolute atomic E-state index is 0.237. The fourth-order valence-electron chi connectivity index (χ4n) is 1.96. The predicted molar refractivity (Wildman–Crippen MR) is 60.7 cm³/mol. The highest BCUT2D eigenvalue weighted by molar-refractivity contribution is 5.56. The average molecular weight is 207 g/mol. The Bertz CT molecular complexity index is 332. The number of ether oxygens (including phenoxy) is 1. The lowest BCUT2D eigenvalue weighted by Crippen LogP contribution is -2.17. The van der Waals surface area contributed by atoms with Crippen LogP contribution in [0.5, 0.6) is 11.5 Å². The number of anilines is 1. The topological polar surface area (TPSA) is 32.7 Å². The van der Waals surface area contributed by atoms with Crippen molar-refractivity contribution in [3.63, 3.8) is 0 Å². The molecule has 1 saturated heterocycles. The molecule has 0 aliphatic carbocycles. The van der Waals surface area contributed by atoms with Crippen LogP contribution >= 0.6 is 0 Å². The summed E-state index contributed by atoms with van der Waals surface area (Å²) in [6.07, 6.45) is 2.49. The van der Waals surface area contributed by atoms with Crippen LogP contribution in [0.25, 0.3) is 0 Å². The Hall–Kier alpha value is -1.38. The lowest BCUT2D eigenvalue weighted by molar-refractivity contribution is 0.318. The smallest absolute Gasteiger partial charge is 0.161 e. The van der Waals surface area contributed by atoms with Gasteiger partial charge in [0.2, 0.25) is 0 Å². The van der Waals surface area contributed by atoms with E-state index in [1.807, 2.05) is 19.1 Å². The quantitative estimate of drug-likeness (QED) is 0.826. The lowest BCUT2D eigenvalue weighted by atomic mass is 10.2. The largest absolute Gasteiger partial charge is 0.504 e. The first kappa shape index (κ1) is 10.1. The van der Waals surface area contributed by atoms with E-state index in [4.69, 9.17) is 4.74 Å². The zero-order valence-electron chi connectivity index (χ0n) is 9.07. The van der Waals surface area contributed by atoms with Crippen molar-refractivity contribution < 1.29 is 9.84 Å². The molecular weight excluding hydrogens is 190 g/mol. The summed E-state index contributed by atoms with van der Waals surface area (Å²) < 4.78 is 5.29. The molecule has 0 aromatic heterocycles. The van der Waals surface area contributed by atoms with Crippen molar-refractivity contribution in [2.75, 3.05) is 24.6 Å². The van der Waals surface area contributed by atoms with Crippen LogP contribution in [0.3, 0.4) is 0 Å². The molecule has 3 nitrogen and oxygen atoms in total. The summed E-state index contributed by atoms with van der Waals surface area (Å²) in [5, 5.41) is 9.73. The maximum atomic E-state index is 9.73. The van der Waals surface area contributed by atoms with Gasteiger partial charge in [0.15, 0.2) is 11.5 Å². The van der Waals surface area contributed by atoms with E-state index >= 15 is 0 Å². The van der Waals surface area contributed by atoms with E-state index in [0.29, 0.717) is 12.4 Å². The first-order valence-corrected chi connectivity index (χ1v) is 5.52. The summed E-state index contributed by atoms with van der Waals surface area (Å²) in [6.45, 7) is 4.67. The standard InChI is InChI=1S/C12H17NO2/c1-2-15-12-6-5-10(9-11(12)14)13-7-3-4-8-13/h5-6,9,14H,2-4,7-8H2,1H3. The lowest BCUT2D eigenvalue weighted by Gasteiger charge is -2.18. The minimum Gasteiger partial charge on any atom is -0.504 e. The third-order valence-corrected chi connectivity index (χ3v) is 2.71. The van der Waals surface area contributed by atoms with Crippen LogP contribution in [-0.2, 0) is 0 Å². The highest BCUT2D eigenvalue weighted by Gasteiger charge is 2.13. The van der Waals surface area contributed by atoms with Crippen LogP contribution in [0, 0.1) is 0 Å². The molecule has 1 aromatic rings. The van der Waals surface area contributed by atoms with Gasteiger partial charge in [-0.05, 0) is 31.9 Å². The minimum atomic E-state index is 0.237. The molecule has 82 valence electrons. The van der Waals surface area contributed by atoms with E-state index < -0.39 is 0 Å². The molecule has 1 aromatic carbocycles. The van der Waals surface area contributed by atoms with Crippen molar-refractivity contribution >= 4 is 5.69 Å². The van der Waals surface area contributed by atoms with E-state index in [2.05, 4.69) is 4.90 Å². The molecule has 1 fully saturated rings. The summed E-state index contributed by atoms with van der Waals surface area (Å²) in [6, 6.07) is 5.64. The molecule has 0 unspecified atom stereocenters. The van der Waals surface area contributed by atoms with Crippen molar-refractivity contribution in [3.05, 3.63) is 18.2 Å². The molecule has 0 radical (unpaired) electrons.